The zero-order valence-electron chi connectivity index (χ0n) is 22.6. The van der Waals surface area contributed by atoms with E-state index in [0.717, 1.165) is 77.8 Å². The first kappa shape index (κ1) is 26.8. The van der Waals surface area contributed by atoms with Gasteiger partial charge in [-0.1, -0.05) is 0 Å². The summed E-state index contributed by atoms with van der Waals surface area (Å²) in [4.78, 5) is 33.4. The van der Waals surface area contributed by atoms with Crippen molar-refractivity contribution in [3.05, 3.63) is 0 Å². The van der Waals surface area contributed by atoms with Crippen molar-refractivity contribution < 1.29 is 23.8 Å². The maximum absolute atomic E-state index is 14.1. The zero-order chi connectivity index (χ0) is 25.3. The van der Waals surface area contributed by atoms with Crippen LogP contribution >= 0.6 is 0 Å². The van der Waals surface area contributed by atoms with Crippen molar-refractivity contribution in [1.29, 1.82) is 0 Å². The topological polar surface area (TPSA) is 71.5 Å². The fraction of sp³-hybridized carbons (Fsp3) is 0.926. The van der Waals surface area contributed by atoms with Crippen molar-refractivity contribution in [1.82, 2.24) is 14.7 Å². The maximum Gasteiger partial charge on any atom is 0.371 e. The molecule has 0 aromatic heterocycles. The van der Waals surface area contributed by atoms with Crippen LogP contribution in [0.15, 0.2) is 0 Å². The van der Waals surface area contributed by atoms with E-state index in [1.54, 1.807) is 0 Å². The maximum atomic E-state index is 14.1. The quantitative estimate of drug-likeness (QED) is 0.477. The number of hydrogen-bond acceptors (Lipinski definition) is 8. The fourth-order valence-electron chi connectivity index (χ4n) is 5.98. The Hall–Kier alpha value is -1.22. The lowest BCUT2D eigenvalue weighted by molar-refractivity contribution is -0.281. The minimum atomic E-state index is -1.21. The highest BCUT2D eigenvalue weighted by atomic mass is 16.6. The van der Waals surface area contributed by atoms with E-state index >= 15 is 0 Å². The molecule has 0 aromatic rings. The first-order chi connectivity index (χ1) is 16.6. The first-order valence-corrected chi connectivity index (χ1v) is 13.9. The number of ether oxygens (including phenoxy) is 3. The van der Waals surface area contributed by atoms with Gasteiger partial charge in [-0.2, -0.15) is 0 Å². The monoisotopic (exact) mass is 493 g/mol. The molecular formula is C27H47N3O5. The Morgan fingerprint density at radius 1 is 0.886 bits per heavy atom. The third-order valence-corrected chi connectivity index (χ3v) is 8.27. The molecule has 8 heteroatoms. The lowest BCUT2D eigenvalue weighted by atomic mass is 9.87. The van der Waals surface area contributed by atoms with E-state index in [1.807, 2.05) is 27.7 Å². The summed E-state index contributed by atoms with van der Waals surface area (Å²) < 4.78 is 18.3. The Morgan fingerprint density at radius 2 is 1.46 bits per heavy atom. The van der Waals surface area contributed by atoms with Gasteiger partial charge in [-0.15, -0.1) is 0 Å². The van der Waals surface area contributed by atoms with Crippen LogP contribution in [0, 0.1) is 5.92 Å². The third-order valence-electron chi connectivity index (χ3n) is 8.27. The minimum Gasteiger partial charge on any atom is -0.466 e. The van der Waals surface area contributed by atoms with E-state index in [-0.39, 0.29) is 24.0 Å². The highest BCUT2D eigenvalue weighted by Crippen LogP contribution is 2.43. The Bertz CT molecular complexity index is 742. The standard InChI is InChI=1S/C27H47N3O5/c1-6-33-23(31)21-9-11-22(12-10-21)34-27(29-15-7-8-16-29,24(32)35-25(2,3)4)30-19-17-28(18-20-30)26(5)13-14-26/h21-22H,6-20H2,1-5H3/t21-,22-,27?. The first-order valence-electron chi connectivity index (χ1n) is 13.9. The fourth-order valence-corrected chi connectivity index (χ4v) is 5.98. The van der Waals surface area contributed by atoms with Gasteiger partial charge in [0.1, 0.15) is 5.60 Å². The number of rotatable bonds is 8. The van der Waals surface area contributed by atoms with Gasteiger partial charge in [-0.25, -0.2) is 4.79 Å². The van der Waals surface area contributed by atoms with Gasteiger partial charge >= 0.3 is 11.9 Å². The number of likely N-dealkylation sites (tertiary alicyclic amines) is 1. The van der Waals surface area contributed by atoms with Gasteiger partial charge in [0.2, 0.25) is 0 Å². The third kappa shape index (κ3) is 6.03. The molecule has 0 N–H and O–H groups in total. The summed E-state index contributed by atoms with van der Waals surface area (Å²) in [5.41, 5.74) is -0.267. The zero-order valence-corrected chi connectivity index (χ0v) is 22.6. The van der Waals surface area contributed by atoms with E-state index < -0.39 is 11.4 Å². The molecule has 2 aliphatic carbocycles. The highest BCUT2D eigenvalue weighted by molar-refractivity contribution is 5.79. The van der Waals surface area contributed by atoms with E-state index in [0.29, 0.717) is 12.1 Å². The van der Waals surface area contributed by atoms with Crippen LogP contribution in [0.3, 0.4) is 0 Å². The molecule has 4 rings (SSSR count). The molecule has 2 heterocycles. The van der Waals surface area contributed by atoms with Crippen molar-refractivity contribution in [3.63, 3.8) is 0 Å². The van der Waals surface area contributed by atoms with Crippen molar-refractivity contribution >= 4 is 11.9 Å². The van der Waals surface area contributed by atoms with Gasteiger partial charge in [0.05, 0.1) is 18.6 Å². The van der Waals surface area contributed by atoms with Gasteiger partial charge < -0.3 is 14.2 Å². The summed E-state index contributed by atoms with van der Waals surface area (Å²) in [7, 11) is 0. The van der Waals surface area contributed by atoms with Gasteiger partial charge in [0.15, 0.2) is 0 Å². The number of nitrogens with zero attached hydrogens (tertiary/aromatic N) is 3. The molecule has 200 valence electrons. The molecule has 0 aromatic carbocycles. The highest BCUT2D eigenvalue weighted by Gasteiger charge is 2.57. The Balaban J connectivity index is 1.55. The Labute approximate surface area is 211 Å². The number of hydrogen-bond donors (Lipinski definition) is 0. The second-order valence-electron chi connectivity index (χ2n) is 12.1. The van der Waals surface area contributed by atoms with Crippen molar-refractivity contribution in [2.75, 3.05) is 45.9 Å². The summed E-state index contributed by atoms with van der Waals surface area (Å²) in [5, 5.41) is 0. The molecule has 1 unspecified atom stereocenters. The smallest absolute Gasteiger partial charge is 0.371 e. The summed E-state index contributed by atoms with van der Waals surface area (Å²) in [6.07, 6.45) is 7.52. The van der Waals surface area contributed by atoms with E-state index in [9.17, 15) is 9.59 Å². The molecule has 4 fully saturated rings. The van der Waals surface area contributed by atoms with Crippen molar-refractivity contribution in [3.8, 4) is 0 Å². The van der Waals surface area contributed by atoms with Crippen LogP contribution in [-0.2, 0) is 23.8 Å². The molecule has 0 radical (unpaired) electrons. The number of carbonyl (C=O) groups is 2. The van der Waals surface area contributed by atoms with Crippen LogP contribution < -0.4 is 0 Å². The SMILES string of the molecule is CCOC(=O)[C@H]1CC[C@H](OC(C(=O)OC(C)(C)C)(N2CCCC2)N2CCN(C3(C)CC3)CC2)CC1. The second-order valence-corrected chi connectivity index (χ2v) is 12.1. The van der Waals surface area contributed by atoms with Crippen molar-refractivity contribution in [2.45, 2.75) is 109 Å². The number of carbonyl (C=O) groups excluding carboxylic acids is 2. The second kappa shape index (κ2) is 10.6. The summed E-state index contributed by atoms with van der Waals surface area (Å²) in [5.74, 6) is -1.67. The minimum absolute atomic E-state index is 0.0691. The van der Waals surface area contributed by atoms with E-state index in [1.165, 1.54) is 12.8 Å². The lowest BCUT2D eigenvalue weighted by Gasteiger charge is -2.52. The van der Waals surface area contributed by atoms with Crippen LogP contribution in [0.25, 0.3) is 0 Å². The lowest BCUT2D eigenvalue weighted by Crippen LogP contribution is -2.71. The van der Waals surface area contributed by atoms with Crippen LogP contribution in [0.2, 0.25) is 0 Å². The predicted molar refractivity (Wildman–Crippen MR) is 134 cm³/mol. The molecular weight excluding hydrogens is 446 g/mol. The molecule has 0 spiro atoms. The average molecular weight is 494 g/mol. The van der Waals surface area contributed by atoms with Gasteiger partial charge in [-0.05, 0) is 86.0 Å². The van der Waals surface area contributed by atoms with Gasteiger partial charge in [0.25, 0.3) is 5.85 Å². The molecule has 0 amide bonds. The molecule has 35 heavy (non-hydrogen) atoms. The number of piperazine rings is 1. The van der Waals surface area contributed by atoms with Crippen LogP contribution in [0.1, 0.15) is 86.0 Å². The summed E-state index contributed by atoms with van der Waals surface area (Å²) in [6.45, 7) is 15.5. The Kier molecular flexibility index (Phi) is 8.16. The average Bonchev–Trinajstić information content (AvgIpc) is 3.33. The summed E-state index contributed by atoms with van der Waals surface area (Å²) in [6, 6.07) is 0. The molecule has 0 bridgehead atoms. The normalized spacial score (nSPS) is 30.0. The van der Waals surface area contributed by atoms with Gasteiger partial charge in [-0.3, -0.25) is 19.5 Å². The van der Waals surface area contributed by atoms with Crippen LogP contribution in [-0.4, -0.2) is 95.6 Å². The molecule has 2 aliphatic heterocycles. The molecule has 1 atom stereocenters. The summed E-state index contributed by atoms with van der Waals surface area (Å²) >= 11 is 0. The molecule has 4 aliphatic rings. The largest absolute Gasteiger partial charge is 0.466 e. The molecule has 2 saturated carbocycles. The Morgan fingerprint density at radius 3 is 1.97 bits per heavy atom. The van der Waals surface area contributed by atoms with E-state index in [4.69, 9.17) is 14.2 Å². The molecule has 8 nitrogen and oxygen atoms in total. The van der Waals surface area contributed by atoms with Gasteiger partial charge in [0, 0.05) is 44.8 Å². The molecule has 2 saturated heterocycles. The van der Waals surface area contributed by atoms with Crippen LogP contribution in [0.5, 0.6) is 0 Å². The number of esters is 2. The van der Waals surface area contributed by atoms with Crippen LogP contribution in [0.4, 0.5) is 0 Å². The van der Waals surface area contributed by atoms with E-state index in [2.05, 4.69) is 21.6 Å². The predicted octanol–water partition coefficient (Wildman–Crippen LogP) is 3.39. The van der Waals surface area contributed by atoms with Crippen molar-refractivity contribution in [2.24, 2.45) is 5.92 Å².